The van der Waals surface area contributed by atoms with E-state index in [1.54, 1.807) is 12.1 Å². The molecule has 2 rings (SSSR count). The van der Waals surface area contributed by atoms with E-state index < -0.39 is 0 Å². The van der Waals surface area contributed by atoms with Crippen LogP contribution in [0.1, 0.15) is 57.3 Å². The van der Waals surface area contributed by atoms with Crippen LogP contribution in [0.2, 0.25) is 0 Å². The Bertz CT molecular complexity index is 515. The molecule has 0 spiro atoms. The molecule has 0 heterocycles. The van der Waals surface area contributed by atoms with Crippen LogP contribution in [-0.4, -0.2) is 11.6 Å². The van der Waals surface area contributed by atoms with Crippen molar-refractivity contribution in [3.63, 3.8) is 0 Å². The van der Waals surface area contributed by atoms with Crippen molar-refractivity contribution < 1.29 is 9.59 Å². The number of hydrogen-bond donors (Lipinski definition) is 0. The van der Waals surface area contributed by atoms with Crippen LogP contribution >= 0.6 is 0 Å². The summed E-state index contributed by atoms with van der Waals surface area (Å²) in [6, 6.07) is 9.10. The molecule has 0 radical (unpaired) electrons. The minimum absolute atomic E-state index is 0.0245. The fourth-order valence-electron chi connectivity index (χ4n) is 3.30. The molecule has 1 aromatic carbocycles. The molecule has 1 saturated carbocycles. The topological polar surface area (TPSA) is 34.1 Å². The van der Waals surface area contributed by atoms with Crippen LogP contribution in [0.5, 0.6) is 0 Å². The van der Waals surface area contributed by atoms with Gasteiger partial charge in [-0.25, -0.2) is 0 Å². The minimum atomic E-state index is -0.378. The zero-order valence-electron chi connectivity index (χ0n) is 12.9. The first-order valence-electron chi connectivity index (χ1n) is 7.40. The summed E-state index contributed by atoms with van der Waals surface area (Å²) in [7, 11) is 0. The first-order chi connectivity index (χ1) is 9.29. The lowest BCUT2D eigenvalue weighted by atomic mass is 9.63. The Hall–Kier alpha value is -1.44. The number of benzene rings is 1. The number of carbonyl (C=O) groups is 2. The van der Waals surface area contributed by atoms with Gasteiger partial charge in [0.15, 0.2) is 5.78 Å². The fraction of sp³-hybridized carbons (Fsp3) is 0.556. The maximum absolute atomic E-state index is 12.7. The van der Waals surface area contributed by atoms with Gasteiger partial charge in [-0.15, -0.1) is 0 Å². The highest BCUT2D eigenvalue weighted by molar-refractivity contribution is 6.09. The highest BCUT2D eigenvalue weighted by Crippen LogP contribution is 2.56. The van der Waals surface area contributed by atoms with Crippen LogP contribution in [0, 0.1) is 16.7 Å². The largest absolute Gasteiger partial charge is 0.299 e. The van der Waals surface area contributed by atoms with Crippen molar-refractivity contribution in [2.75, 3.05) is 0 Å². The summed E-state index contributed by atoms with van der Waals surface area (Å²) < 4.78 is 0. The average Bonchev–Trinajstić information content (AvgIpc) is 2.64. The molecular weight excluding hydrogens is 248 g/mol. The van der Waals surface area contributed by atoms with Crippen molar-refractivity contribution in [1.29, 1.82) is 0 Å². The summed E-state index contributed by atoms with van der Waals surface area (Å²) in [5.74, 6) is 0.552. The summed E-state index contributed by atoms with van der Waals surface area (Å²) in [5, 5.41) is 0. The number of hydrogen-bond acceptors (Lipinski definition) is 2. The van der Waals surface area contributed by atoms with Gasteiger partial charge in [0.05, 0.1) is 6.42 Å². The van der Waals surface area contributed by atoms with Crippen LogP contribution < -0.4 is 0 Å². The molecule has 1 fully saturated rings. The van der Waals surface area contributed by atoms with E-state index in [0.29, 0.717) is 11.5 Å². The molecule has 2 nitrogen and oxygen atoms in total. The van der Waals surface area contributed by atoms with Crippen molar-refractivity contribution in [3.05, 3.63) is 35.9 Å². The molecule has 0 bridgehead atoms. The highest BCUT2D eigenvalue weighted by atomic mass is 16.1. The molecule has 0 aromatic heterocycles. The third kappa shape index (κ3) is 2.32. The standard InChI is InChI=1S/C18H24O2/c1-13-10-11-18(4,17(13,2)3)16(20)12-15(19)14-8-6-5-7-9-14/h5-9,13H,10-12H2,1-4H3. The first kappa shape index (κ1) is 15.0. The van der Waals surface area contributed by atoms with Gasteiger partial charge >= 0.3 is 0 Å². The molecule has 2 atom stereocenters. The quantitative estimate of drug-likeness (QED) is 0.605. The van der Waals surface area contributed by atoms with Gasteiger partial charge in [-0.3, -0.25) is 9.59 Å². The SMILES string of the molecule is CC1CCC(C)(C(=O)CC(=O)c2ccccc2)C1(C)C. The van der Waals surface area contributed by atoms with E-state index in [0.717, 1.165) is 12.8 Å². The van der Waals surface area contributed by atoms with Crippen molar-refractivity contribution in [1.82, 2.24) is 0 Å². The molecule has 20 heavy (non-hydrogen) atoms. The van der Waals surface area contributed by atoms with E-state index in [4.69, 9.17) is 0 Å². The number of carbonyl (C=O) groups excluding carboxylic acids is 2. The highest BCUT2D eigenvalue weighted by Gasteiger charge is 2.53. The van der Waals surface area contributed by atoms with Gasteiger partial charge in [0.25, 0.3) is 0 Å². The summed E-state index contributed by atoms with van der Waals surface area (Å²) >= 11 is 0. The Morgan fingerprint density at radius 1 is 1.15 bits per heavy atom. The Kier molecular flexibility index (Phi) is 3.86. The van der Waals surface area contributed by atoms with Gasteiger partial charge in [0.1, 0.15) is 5.78 Å². The lowest BCUT2D eigenvalue weighted by Gasteiger charge is -2.39. The second-order valence-electron chi connectivity index (χ2n) is 6.88. The summed E-state index contributed by atoms with van der Waals surface area (Å²) in [6.07, 6.45) is 1.98. The summed E-state index contributed by atoms with van der Waals surface area (Å²) in [4.78, 5) is 24.9. The van der Waals surface area contributed by atoms with Crippen LogP contribution in [0.25, 0.3) is 0 Å². The van der Waals surface area contributed by atoms with Gasteiger partial charge in [0, 0.05) is 11.0 Å². The van der Waals surface area contributed by atoms with Gasteiger partial charge in [-0.1, -0.05) is 58.0 Å². The third-order valence-electron chi connectivity index (χ3n) is 5.76. The zero-order valence-corrected chi connectivity index (χ0v) is 12.9. The Morgan fingerprint density at radius 3 is 2.25 bits per heavy atom. The minimum Gasteiger partial charge on any atom is -0.299 e. The zero-order chi connectivity index (χ0) is 15.0. The second kappa shape index (κ2) is 5.16. The molecule has 108 valence electrons. The molecular formula is C18H24O2. The van der Waals surface area contributed by atoms with Crippen molar-refractivity contribution >= 4 is 11.6 Å². The van der Waals surface area contributed by atoms with Gasteiger partial charge in [-0.2, -0.15) is 0 Å². The molecule has 0 saturated heterocycles. The number of rotatable bonds is 4. The van der Waals surface area contributed by atoms with E-state index >= 15 is 0 Å². The molecule has 0 N–H and O–H groups in total. The maximum Gasteiger partial charge on any atom is 0.170 e. The Morgan fingerprint density at radius 2 is 1.75 bits per heavy atom. The van der Waals surface area contributed by atoms with E-state index in [2.05, 4.69) is 20.8 Å². The van der Waals surface area contributed by atoms with E-state index in [-0.39, 0.29) is 28.8 Å². The molecule has 1 aromatic rings. The number of ketones is 2. The van der Waals surface area contributed by atoms with Gasteiger partial charge in [0.2, 0.25) is 0 Å². The second-order valence-corrected chi connectivity index (χ2v) is 6.88. The van der Waals surface area contributed by atoms with Crippen LogP contribution in [0.15, 0.2) is 30.3 Å². The lowest BCUT2D eigenvalue weighted by molar-refractivity contribution is -0.132. The van der Waals surface area contributed by atoms with Gasteiger partial charge < -0.3 is 0 Å². The number of Topliss-reactive ketones (excluding diaryl/α,β-unsaturated/α-hetero) is 2. The van der Waals surface area contributed by atoms with Crippen molar-refractivity contribution in [3.8, 4) is 0 Å². The Labute approximate surface area is 121 Å². The van der Waals surface area contributed by atoms with Crippen molar-refractivity contribution in [2.45, 2.75) is 47.0 Å². The van der Waals surface area contributed by atoms with Gasteiger partial charge in [-0.05, 0) is 24.2 Å². The van der Waals surface area contributed by atoms with E-state index in [9.17, 15) is 9.59 Å². The summed E-state index contributed by atoms with van der Waals surface area (Å²) in [5.41, 5.74) is 0.214. The van der Waals surface area contributed by atoms with Crippen molar-refractivity contribution in [2.24, 2.45) is 16.7 Å². The smallest absolute Gasteiger partial charge is 0.170 e. The molecule has 2 heteroatoms. The Balaban J connectivity index is 2.15. The normalized spacial score (nSPS) is 28.3. The average molecular weight is 272 g/mol. The molecule has 1 aliphatic carbocycles. The first-order valence-corrected chi connectivity index (χ1v) is 7.40. The third-order valence-corrected chi connectivity index (χ3v) is 5.76. The van der Waals surface area contributed by atoms with E-state index in [1.165, 1.54) is 0 Å². The predicted molar refractivity (Wildman–Crippen MR) is 80.7 cm³/mol. The predicted octanol–water partition coefficient (Wildman–Crippen LogP) is 4.29. The maximum atomic E-state index is 12.7. The molecule has 2 unspecified atom stereocenters. The summed E-state index contributed by atoms with van der Waals surface area (Å²) in [6.45, 7) is 8.57. The molecule has 1 aliphatic rings. The van der Waals surface area contributed by atoms with Crippen LogP contribution in [0.4, 0.5) is 0 Å². The van der Waals surface area contributed by atoms with E-state index in [1.807, 2.05) is 25.1 Å². The molecule has 0 aliphatic heterocycles. The monoisotopic (exact) mass is 272 g/mol. The lowest BCUT2D eigenvalue weighted by Crippen LogP contribution is -2.41. The molecule has 0 amide bonds. The van der Waals surface area contributed by atoms with Crippen LogP contribution in [-0.2, 0) is 4.79 Å². The van der Waals surface area contributed by atoms with Crippen LogP contribution in [0.3, 0.4) is 0 Å². The fourth-order valence-corrected chi connectivity index (χ4v) is 3.30.